The summed E-state index contributed by atoms with van der Waals surface area (Å²) in [5.74, 6) is 0. The summed E-state index contributed by atoms with van der Waals surface area (Å²) in [5.41, 5.74) is 2.67. The average molecular weight is 164 g/mol. The summed E-state index contributed by atoms with van der Waals surface area (Å²) in [6.45, 7) is 1.89. The standard InChI is InChI=1S/C9H8OS/c1-7-4-8(6-11)2-3-9(7)5-10/h2-6H,1H3. The first kappa shape index (κ1) is 8.08. The fraction of sp³-hybridized carbons (Fsp3) is 0.111. The number of hydrogen-bond acceptors (Lipinski definition) is 2. The Labute approximate surface area is 71.0 Å². The van der Waals surface area contributed by atoms with Crippen LogP contribution in [0.4, 0.5) is 0 Å². The third kappa shape index (κ3) is 1.71. The summed E-state index contributed by atoms with van der Waals surface area (Å²) in [5, 5.41) is 1.60. The van der Waals surface area contributed by atoms with Crippen LogP contribution in [0.3, 0.4) is 0 Å². The highest BCUT2D eigenvalue weighted by Gasteiger charge is 1.95. The minimum absolute atomic E-state index is 0.727. The van der Waals surface area contributed by atoms with Gasteiger partial charge in [-0.15, -0.1) is 0 Å². The first-order chi connectivity index (χ1) is 5.27. The molecule has 1 aromatic rings. The Hall–Kier alpha value is -1.02. The molecule has 0 heterocycles. The molecule has 0 spiro atoms. The van der Waals surface area contributed by atoms with Crippen molar-refractivity contribution in [1.82, 2.24) is 0 Å². The van der Waals surface area contributed by atoms with E-state index in [2.05, 4.69) is 0 Å². The summed E-state index contributed by atoms with van der Waals surface area (Å²) in [6, 6.07) is 5.51. The molecule has 0 aromatic heterocycles. The van der Waals surface area contributed by atoms with Crippen molar-refractivity contribution < 1.29 is 4.79 Å². The maximum atomic E-state index is 10.4. The van der Waals surface area contributed by atoms with Gasteiger partial charge in [-0.05, 0) is 18.1 Å². The van der Waals surface area contributed by atoms with Crippen LogP contribution in [0.25, 0.3) is 0 Å². The fourth-order valence-corrected chi connectivity index (χ4v) is 1.05. The predicted molar refractivity (Wildman–Crippen MR) is 49.3 cm³/mol. The molecule has 0 unspecified atom stereocenters. The van der Waals surface area contributed by atoms with E-state index in [0.29, 0.717) is 0 Å². The Morgan fingerprint density at radius 2 is 2.18 bits per heavy atom. The van der Waals surface area contributed by atoms with Crippen molar-refractivity contribution in [2.24, 2.45) is 0 Å². The molecule has 11 heavy (non-hydrogen) atoms. The van der Waals surface area contributed by atoms with Crippen molar-refractivity contribution in [1.29, 1.82) is 0 Å². The monoisotopic (exact) mass is 164 g/mol. The molecule has 0 saturated heterocycles. The molecule has 1 nitrogen and oxygen atoms in total. The van der Waals surface area contributed by atoms with Crippen LogP contribution < -0.4 is 0 Å². The Balaban J connectivity index is 3.18. The first-order valence-corrected chi connectivity index (χ1v) is 3.76. The molecule has 1 aromatic carbocycles. The van der Waals surface area contributed by atoms with Crippen LogP contribution in [-0.4, -0.2) is 11.7 Å². The average Bonchev–Trinajstić information content (AvgIpc) is 2.04. The molecule has 0 aliphatic heterocycles. The van der Waals surface area contributed by atoms with Gasteiger partial charge in [0.15, 0.2) is 0 Å². The second kappa shape index (κ2) is 3.39. The molecule has 2 heteroatoms. The van der Waals surface area contributed by atoms with E-state index in [1.54, 1.807) is 11.4 Å². The van der Waals surface area contributed by atoms with Gasteiger partial charge in [0.05, 0.1) is 0 Å². The lowest BCUT2D eigenvalue weighted by atomic mass is 10.1. The van der Waals surface area contributed by atoms with E-state index in [0.717, 1.165) is 23.0 Å². The van der Waals surface area contributed by atoms with Crippen molar-refractivity contribution in [3.8, 4) is 0 Å². The van der Waals surface area contributed by atoms with Crippen LogP contribution in [0.2, 0.25) is 0 Å². The molecule has 0 N–H and O–H groups in total. The van der Waals surface area contributed by atoms with Gasteiger partial charge in [0.1, 0.15) is 6.29 Å². The lowest BCUT2D eigenvalue weighted by Crippen LogP contribution is -1.87. The minimum atomic E-state index is 0.727. The van der Waals surface area contributed by atoms with Crippen LogP contribution in [0.1, 0.15) is 21.5 Å². The number of thiocarbonyl (C=S) groups is 1. The molecule has 0 atom stereocenters. The molecule has 0 saturated carbocycles. The van der Waals surface area contributed by atoms with Gasteiger partial charge < -0.3 is 0 Å². The Morgan fingerprint density at radius 1 is 1.45 bits per heavy atom. The van der Waals surface area contributed by atoms with Gasteiger partial charge in [-0.25, -0.2) is 0 Å². The van der Waals surface area contributed by atoms with Gasteiger partial charge in [-0.1, -0.05) is 30.4 Å². The van der Waals surface area contributed by atoms with Gasteiger partial charge in [-0.2, -0.15) is 0 Å². The van der Waals surface area contributed by atoms with Crippen molar-refractivity contribution in [3.63, 3.8) is 0 Å². The van der Waals surface area contributed by atoms with Crippen LogP contribution in [0, 0.1) is 6.92 Å². The van der Waals surface area contributed by atoms with Gasteiger partial charge >= 0.3 is 0 Å². The second-order valence-corrected chi connectivity index (χ2v) is 2.59. The summed E-state index contributed by atoms with van der Waals surface area (Å²) in [7, 11) is 0. The Kier molecular flexibility index (Phi) is 2.49. The molecule has 56 valence electrons. The SMILES string of the molecule is Cc1cc(C=S)ccc1C=O. The van der Waals surface area contributed by atoms with E-state index >= 15 is 0 Å². The predicted octanol–water partition coefficient (Wildman–Crippen LogP) is 2.16. The second-order valence-electron chi connectivity index (χ2n) is 2.35. The maximum Gasteiger partial charge on any atom is 0.150 e. The molecule has 0 aliphatic carbocycles. The van der Waals surface area contributed by atoms with Crippen LogP contribution in [0.5, 0.6) is 0 Å². The molecule has 0 fully saturated rings. The summed E-state index contributed by atoms with van der Waals surface area (Å²) in [6.07, 6.45) is 0.850. The molecular weight excluding hydrogens is 156 g/mol. The third-order valence-corrected chi connectivity index (χ3v) is 1.83. The summed E-state index contributed by atoms with van der Waals surface area (Å²) in [4.78, 5) is 10.4. The lowest BCUT2D eigenvalue weighted by molar-refractivity contribution is 0.112. The highest BCUT2D eigenvalue weighted by atomic mass is 32.1. The molecule has 0 radical (unpaired) electrons. The zero-order chi connectivity index (χ0) is 8.27. The molecule has 0 bridgehead atoms. The minimum Gasteiger partial charge on any atom is -0.298 e. The largest absolute Gasteiger partial charge is 0.298 e. The number of rotatable bonds is 2. The number of hydrogen-bond donors (Lipinski definition) is 0. The normalized spacial score (nSPS) is 9.18. The zero-order valence-electron chi connectivity index (χ0n) is 6.20. The van der Waals surface area contributed by atoms with Crippen molar-refractivity contribution in [3.05, 3.63) is 34.9 Å². The number of benzene rings is 1. The van der Waals surface area contributed by atoms with Gasteiger partial charge in [0, 0.05) is 10.9 Å². The van der Waals surface area contributed by atoms with E-state index in [4.69, 9.17) is 12.2 Å². The Morgan fingerprint density at radius 3 is 2.64 bits per heavy atom. The van der Waals surface area contributed by atoms with Crippen molar-refractivity contribution in [2.45, 2.75) is 6.92 Å². The maximum absolute atomic E-state index is 10.4. The first-order valence-electron chi connectivity index (χ1n) is 3.29. The van der Waals surface area contributed by atoms with Crippen LogP contribution >= 0.6 is 12.2 Å². The van der Waals surface area contributed by atoms with E-state index in [1.165, 1.54) is 0 Å². The van der Waals surface area contributed by atoms with Gasteiger partial charge in [0.25, 0.3) is 0 Å². The van der Waals surface area contributed by atoms with E-state index in [-0.39, 0.29) is 0 Å². The van der Waals surface area contributed by atoms with E-state index in [9.17, 15) is 4.79 Å². The summed E-state index contributed by atoms with van der Waals surface area (Å²) < 4.78 is 0. The van der Waals surface area contributed by atoms with Gasteiger partial charge in [-0.3, -0.25) is 4.79 Å². The number of aryl methyl sites for hydroxylation is 1. The van der Waals surface area contributed by atoms with Crippen LogP contribution in [0.15, 0.2) is 18.2 Å². The van der Waals surface area contributed by atoms with E-state index in [1.807, 2.05) is 19.1 Å². The van der Waals surface area contributed by atoms with E-state index < -0.39 is 0 Å². The fourth-order valence-electron chi connectivity index (χ4n) is 0.904. The van der Waals surface area contributed by atoms with Crippen LogP contribution in [-0.2, 0) is 0 Å². The third-order valence-electron chi connectivity index (χ3n) is 1.56. The van der Waals surface area contributed by atoms with Gasteiger partial charge in [0.2, 0.25) is 0 Å². The van der Waals surface area contributed by atoms with Crippen molar-refractivity contribution in [2.75, 3.05) is 0 Å². The zero-order valence-corrected chi connectivity index (χ0v) is 7.02. The molecule has 1 rings (SSSR count). The number of carbonyl (C=O) groups excluding carboxylic acids is 1. The number of carbonyl (C=O) groups is 1. The number of aldehydes is 1. The highest BCUT2D eigenvalue weighted by Crippen LogP contribution is 2.07. The lowest BCUT2D eigenvalue weighted by Gasteiger charge is -1.97. The molecule has 0 amide bonds. The highest BCUT2D eigenvalue weighted by molar-refractivity contribution is 7.79. The quantitative estimate of drug-likeness (QED) is 0.492. The molecular formula is C9H8OS. The summed E-state index contributed by atoms with van der Waals surface area (Å²) >= 11 is 4.74. The van der Waals surface area contributed by atoms with Crippen molar-refractivity contribution >= 4 is 23.9 Å². The smallest absolute Gasteiger partial charge is 0.150 e. The topological polar surface area (TPSA) is 17.1 Å². The Bertz CT molecular complexity index is 292. The molecule has 0 aliphatic rings.